The van der Waals surface area contributed by atoms with E-state index in [2.05, 4.69) is 0 Å². The molecule has 0 N–H and O–H groups in total. The fourth-order valence-corrected chi connectivity index (χ4v) is 5.10. The van der Waals surface area contributed by atoms with Crippen LogP contribution < -0.4 is 0 Å². The van der Waals surface area contributed by atoms with E-state index in [9.17, 15) is 13.8 Å². The summed E-state index contributed by atoms with van der Waals surface area (Å²) in [5.41, 5.74) is 1.85. The molecule has 8 heteroatoms. The molecule has 7 nitrogen and oxygen atoms in total. The molecule has 0 spiro atoms. The Morgan fingerprint density at radius 2 is 1.16 bits per heavy atom. The van der Waals surface area contributed by atoms with Gasteiger partial charge in [0.2, 0.25) is 0 Å². The predicted octanol–water partition coefficient (Wildman–Crippen LogP) is 2.31. The third-order valence-electron chi connectivity index (χ3n) is 5.32. The molecule has 1 aliphatic rings. The van der Waals surface area contributed by atoms with Crippen LogP contribution in [0.15, 0.2) is 72.8 Å². The summed E-state index contributed by atoms with van der Waals surface area (Å²) in [6.07, 6.45) is 4.39. The zero-order chi connectivity index (χ0) is 22.9. The van der Waals surface area contributed by atoms with Crippen LogP contribution in [0.1, 0.15) is 11.1 Å². The number of rotatable bonds is 8. The first kappa shape index (κ1) is 23.8. The highest BCUT2D eigenvalue weighted by Crippen LogP contribution is 2.21. The highest BCUT2D eigenvalue weighted by atomic mass is 32.2. The van der Waals surface area contributed by atoms with Crippen LogP contribution in [0, 0.1) is 0 Å². The summed E-state index contributed by atoms with van der Waals surface area (Å²) in [7, 11) is 2.64. The van der Waals surface area contributed by atoms with E-state index in [1.54, 1.807) is 8.61 Å². The number of nitrogens with zero attached hydrogens (tertiary/aromatic N) is 2. The summed E-state index contributed by atoms with van der Waals surface area (Å²) < 4.78 is 27.0. The van der Waals surface area contributed by atoms with Crippen molar-refractivity contribution in [1.82, 2.24) is 8.61 Å². The first-order valence-corrected chi connectivity index (χ1v) is 11.4. The lowest BCUT2D eigenvalue weighted by molar-refractivity contribution is -0.145. The molecular weight excluding hydrogens is 428 g/mol. The molecule has 32 heavy (non-hydrogen) atoms. The Kier molecular flexibility index (Phi) is 8.72. The standard InChI is InChI=1S/C24H28N2O5S/c1-30-23(27)21(17-19-11-5-3-6-12-19)25-15-9-10-16-26(32(25)29)22(24(28)31-2)18-20-13-7-4-8-14-20/h3-14,21-22H,15-18H2,1-2H3/t21-,22-/m0/s1. The molecule has 0 saturated heterocycles. The summed E-state index contributed by atoms with van der Waals surface area (Å²) in [4.78, 5) is 25.4. The molecule has 0 radical (unpaired) electrons. The van der Waals surface area contributed by atoms with Crippen molar-refractivity contribution in [3.8, 4) is 0 Å². The number of hydrogen-bond donors (Lipinski definition) is 0. The lowest BCUT2D eigenvalue weighted by atomic mass is 10.1. The van der Waals surface area contributed by atoms with Crippen LogP contribution in [-0.2, 0) is 43.1 Å². The molecule has 1 aliphatic heterocycles. The minimum absolute atomic E-state index is 0.287. The maximum atomic E-state index is 13.8. The maximum absolute atomic E-state index is 13.8. The lowest BCUT2D eigenvalue weighted by Gasteiger charge is -2.33. The van der Waals surface area contributed by atoms with Gasteiger partial charge in [0.15, 0.2) is 11.2 Å². The van der Waals surface area contributed by atoms with Crippen LogP contribution in [0.3, 0.4) is 0 Å². The molecule has 0 aromatic heterocycles. The maximum Gasteiger partial charge on any atom is 0.324 e. The first-order chi connectivity index (χ1) is 15.5. The molecule has 2 aromatic rings. The van der Waals surface area contributed by atoms with Gasteiger partial charge in [-0.2, -0.15) is 8.61 Å². The number of ether oxygens (including phenoxy) is 2. The summed E-state index contributed by atoms with van der Waals surface area (Å²) in [6.45, 7) is 0.573. The fraction of sp³-hybridized carbons (Fsp3) is 0.333. The Bertz CT molecular complexity index is 876. The molecule has 0 fully saturated rings. The van der Waals surface area contributed by atoms with Crippen molar-refractivity contribution in [3.63, 3.8) is 0 Å². The summed E-state index contributed by atoms with van der Waals surface area (Å²) in [5, 5.41) is 0. The highest BCUT2D eigenvalue weighted by molar-refractivity contribution is 7.80. The first-order valence-electron chi connectivity index (χ1n) is 10.4. The second-order valence-electron chi connectivity index (χ2n) is 7.36. The zero-order valence-electron chi connectivity index (χ0n) is 18.3. The Morgan fingerprint density at radius 1 is 0.781 bits per heavy atom. The van der Waals surface area contributed by atoms with Crippen molar-refractivity contribution in [2.75, 3.05) is 27.3 Å². The van der Waals surface area contributed by atoms with Crippen molar-refractivity contribution < 1.29 is 23.3 Å². The predicted molar refractivity (Wildman–Crippen MR) is 123 cm³/mol. The van der Waals surface area contributed by atoms with Gasteiger partial charge in [-0.25, -0.2) is 4.21 Å². The smallest absolute Gasteiger partial charge is 0.324 e. The van der Waals surface area contributed by atoms with Gasteiger partial charge in [-0.1, -0.05) is 72.8 Å². The summed E-state index contributed by atoms with van der Waals surface area (Å²) in [5.74, 6) is -0.953. The van der Waals surface area contributed by atoms with Gasteiger partial charge in [0.25, 0.3) is 0 Å². The number of carbonyl (C=O) groups is 2. The number of methoxy groups -OCH3 is 2. The van der Waals surface area contributed by atoms with Crippen molar-refractivity contribution in [2.45, 2.75) is 24.9 Å². The van der Waals surface area contributed by atoms with E-state index >= 15 is 0 Å². The molecule has 2 atom stereocenters. The van der Waals surface area contributed by atoms with Crippen molar-refractivity contribution >= 4 is 23.1 Å². The lowest BCUT2D eigenvalue weighted by Crippen LogP contribution is -2.53. The SMILES string of the molecule is COC(=O)[C@H](Cc1ccccc1)N1CC=CCN([C@@H](Cc2ccccc2)C(=O)OC)S1=O. The zero-order valence-corrected chi connectivity index (χ0v) is 19.1. The Labute approximate surface area is 191 Å². The molecule has 0 amide bonds. The average Bonchev–Trinajstić information content (AvgIpc) is 3.02. The Balaban J connectivity index is 1.91. The van der Waals surface area contributed by atoms with Gasteiger partial charge >= 0.3 is 11.9 Å². The van der Waals surface area contributed by atoms with Gasteiger partial charge in [0, 0.05) is 13.1 Å². The number of benzene rings is 2. The monoisotopic (exact) mass is 456 g/mol. The second kappa shape index (κ2) is 11.7. The van der Waals surface area contributed by atoms with Gasteiger partial charge < -0.3 is 9.47 Å². The van der Waals surface area contributed by atoms with Crippen molar-refractivity contribution in [2.24, 2.45) is 0 Å². The fourth-order valence-electron chi connectivity index (χ4n) is 3.64. The third-order valence-corrected chi connectivity index (χ3v) is 6.93. The van der Waals surface area contributed by atoms with Gasteiger partial charge in [0.05, 0.1) is 14.2 Å². The quantitative estimate of drug-likeness (QED) is 0.450. The average molecular weight is 457 g/mol. The Morgan fingerprint density at radius 3 is 1.50 bits per heavy atom. The Hall–Kier alpha value is -2.81. The van der Waals surface area contributed by atoms with Gasteiger partial charge in [-0.05, 0) is 24.0 Å². The van der Waals surface area contributed by atoms with Crippen LogP contribution in [0.25, 0.3) is 0 Å². The van der Waals surface area contributed by atoms with Gasteiger partial charge in [-0.3, -0.25) is 9.59 Å². The van der Waals surface area contributed by atoms with Crippen LogP contribution >= 0.6 is 0 Å². The van der Waals surface area contributed by atoms with E-state index in [1.807, 2.05) is 72.8 Å². The molecule has 170 valence electrons. The topological polar surface area (TPSA) is 76.2 Å². The van der Waals surface area contributed by atoms with E-state index in [-0.39, 0.29) is 13.1 Å². The van der Waals surface area contributed by atoms with Gasteiger partial charge in [0.1, 0.15) is 12.1 Å². The van der Waals surface area contributed by atoms with Crippen LogP contribution in [0.2, 0.25) is 0 Å². The van der Waals surface area contributed by atoms with Crippen LogP contribution in [0.5, 0.6) is 0 Å². The minimum atomic E-state index is -1.78. The van der Waals surface area contributed by atoms with E-state index in [0.29, 0.717) is 12.8 Å². The summed E-state index contributed by atoms with van der Waals surface area (Å²) in [6, 6.07) is 17.5. The van der Waals surface area contributed by atoms with Crippen LogP contribution in [0.4, 0.5) is 0 Å². The number of hydrogen-bond acceptors (Lipinski definition) is 5. The molecular formula is C24H28N2O5S. The molecule has 0 bridgehead atoms. The second-order valence-corrected chi connectivity index (χ2v) is 8.76. The highest BCUT2D eigenvalue weighted by Gasteiger charge is 2.39. The largest absolute Gasteiger partial charge is 0.468 e. The van der Waals surface area contributed by atoms with Gasteiger partial charge in [-0.15, -0.1) is 0 Å². The van der Waals surface area contributed by atoms with E-state index < -0.39 is 35.2 Å². The molecule has 1 heterocycles. The van der Waals surface area contributed by atoms with Crippen molar-refractivity contribution in [1.29, 1.82) is 0 Å². The summed E-state index contributed by atoms with van der Waals surface area (Å²) >= 11 is -1.78. The van der Waals surface area contributed by atoms with E-state index in [4.69, 9.17) is 9.47 Å². The molecule has 2 aromatic carbocycles. The molecule has 0 aliphatic carbocycles. The van der Waals surface area contributed by atoms with E-state index in [0.717, 1.165) is 11.1 Å². The van der Waals surface area contributed by atoms with E-state index in [1.165, 1.54) is 14.2 Å². The molecule has 3 rings (SSSR count). The minimum Gasteiger partial charge on any atom is -0.468 e. The normalized spacial score (nSPS) is 17.3. The van der Waals surface area contributed by atoms with Crippen molar-refractivity contribution in [3.05, 3.63) is 83.9 Å². The number of esters is 2. The van der Waals surface area contributed by atoms with Crippen LogP contribution in [-0.4, -0.2) is 64.2 Å². The third kappa shape index (κ3) is 5.91. The molecule has 0 saturated carbocycles. The molecule has 0 unspecified atom stereocenters. The number of carbonyl (C=O) groups excluding carboxylic acids is 2.